The summed E-state index contributed by atoms with van der Waals surface area (Å²) in [6.45, 7) is 14.8. The predicted octanol–water partition coefficient (Wildman–Crippen LogP) is 3.18. The second kappa shape index (κ2) is 3.60. The largest absolute Gasteiger partial charge is 0.343 e. The zero-order chi connectivity index (χ0) is 10.9. The normalized spacial score (nSPS) is 17.7. The third-order valence-corrected chi connectivity index (χ3v) is 2.27. The van der Waals surface area contributed by atoms with E-state index in [9.17, 15) is 0 Å². The third kappa shape index (κ3) is 2.25. The molecule has 78 valence electrons. The summed E-state index contributed by atoms with van der Waals surface area (Å²) in [5.74, 6) is 0. The van der Waals surface area contributed by atoms with Crippen molar-refractivity contribution in [3.8, 4) is 0 Å². The zero-order valence-electron chi connectivity index (χ0n) is 9.83. The summed E-state index contributed by atoms with van der Waals surface area (Å²) in [4.78, 5) is 6.57. The fourth-order valence-corrected chi connectivity index (χ4v) is 1.33. The van der Waals surface area contributed by atoms with Crippen molar-refractivity contribution >= 4 is 6.21 Å². The van der Waals surface area contributed by atoms with Gasteiger partial charge >= 0.3 is 0 Å². The summed E-state index contributed by atoms with van der Waals surface area (Å²) in [6, 6.07) is 0.437. The Hall–Kier alpha value is -1.05. The lowest BCUT2D eigenvalue weighted by atomic mass is 9.92. The van der Waals surface area contributed by atoms with Gasteiger partial charge in [0.1, 0.15) is 0 Å². The molecular weight excluding hydrogens is 172 g/mol. The van der Waals surface area contributed by atoms with Gasteiger partial charge in [-0.05, 0) is 13.8 Å². The van der Waals surface area contributed by atoms with Crippen molar-refractivity contribution < 1.29 is 0 Å². The maximum atomic E-state index is 4.41. The average Bonchev–Trinajstić information content (AvgIpc) is 2.02. The standard InChI is InChI=1S/C12H20N2/c1-9(2)14-8-11(12(4,5)6)13-7-10(14)3/h7-9H,3H2,1-2,4-6H3. The van der Waals surface area contributed by atoms with Gasteiger partial charge in [0.15, 0.2) is 0 Å². The minimum atomic E-state index is 0.102. The molecule has 2 heteroatoms. The van der Waals surface area contributed by atoms with Gasteiger partial charge in [0.05, 0.1) is 17.6 Å². The molecule has 1 heterocycles. The van der Waals surface area contributed by atoms with Crippen molar-refractivity contribution in [3.63, 3.8) is 0 Å². The van der Waals surface area contributed by atoms with Crippen LogP contribution < -0.4 is 0 Å². The minimum Gasteiger partial charge on any atom is -0.343 e. The molecule has 0 unspecified atom stereocenters. The monoisotopic (exact) mass is 192 g/mol. The highest BCUT2D eigenvalue weighted by molar-refractivity contribution is 5.79. The lowest BCUT2D eigenvalue weighted by molar-refractivity contribution is 0.379. The van der Waals surface area contributed by atoms with Crippen LogP contribution in [0.15, 0.2) is 29.2 Å². The molecule has 14 heavy (non-hydrogen) atoms. The highest BCUT2D eigenvalue weighted by Crippen LogP contribution is 2.29. The molecule has 0 saturated heterocycles. The first-order valence-corrected chi connectivity index (χ1v) is 5.06. The first-order valence-electron chi connectivity index (χ1n) is 5.06. The lowest BCUT2D eigenvalue weighted by Gasteiger charge is -2.31. The molecule has 0 N–H and O–H groups in total. The average molecular weight is 192 g/mol. The molecule has 0 aromatic rings. The molecule has 2 nitrogen and oxygen atoms in total. The van der Waals surface area contributed by atoms with E-state index in [0.29, 0.717) is 6.04 Å². The second-order valence-electron chi connectivity index (χ2n) is 5.01. The molecule has 0 spiro atoms. The number of hydrogen-bond donors (Lipinski definition) is 0. The summed E-state index contributed by atoms with van der Waals surface area (Å²) in [5.41, 5.74) is 2.18. The number of aliphatic imine (C=N–C) groups is 1. The van der Waals surface area contributed by atoms with Crippen molar-refractivity contribution in [1.82, 2.24) is 4.90 Å². The molecule has 1 aliphatic heterocycles. The molecule has 0 saturated carbocycles. The molecule has 0 aromatic heterocycles. The van der Waals surface area contributed by atoms with Crippen molar-refractivity contribution in [2.75, 3.05) is 0 Å². The van der Waals surface area contributed by atoms with E-state index in [1.807, 2.05) is 6.21 Å². The zero-order valence-corrected chi connectivity index (χ0v) is 9.83. The van der Waals surface area contributed by atoms with Crippen molar-refractivity contribution in [1.29, 1.82) is 0 Å². The van der Waals surface area contributed by atoms with E-state index in [2.05, 4.69) is 57.3 Å². The third-order valence-electron chi connectivity index (χ3n) is 2.27. The summed E-state index contributed by atoms with van der Waals surface area (Å²) in [7, 11) is 0. The van der Waals surface area contributed by atoms with Gasteiger partial charge in [-0.1, -0.05) is 27.4 Å². The van der Waals surface area contributed by atoms with Gasteiger partial charge in [-0.25, -0.2) is 0 Å². The van der Waals surface area contributed by atoms with E-state index >= 15 is 0 Å². The lowest BCUT2D eigenvalue weighted by Crippen LogP contribution is -2.29. The summed E-state index contributed by atoms with van der Waals surface area (Å²) < 4.78 is 0. The van der Waals surface area contributed by atoms with Gasteiger partial charge in [-0.15, -0.1) is 0 Å². The Balaban J connectivity index is 2.97. The number of hydrogen-bond acceptors (Lipinski definition) is 2. The minimum absolute atomic E-state index is 0.102. The van der Waals surface area contributed by atoms with Crippen LogP contribution in [-0.2, 0) is 0 Å². The fraction of sp³-hybridized carbons (Fsp3) is 0.583. The van der Waals surface area contributed by atoms with Crippen LogP contribution in [0.3, 0.4) is 0 Å². The molecule has 0 atom stereocenters. The van der Waals surface area contributed by atoms with Crippen LogP contribution in [0.4, 0.5) is 0 Å². The molecule has 0 aliphatic carbocycles. The highest BCUT2D eigenvalue weighted by Gasteiger charge is 2.21. The summed E-state index contributed by atoms with van der Waals surface area (Å²) >= 11 is 0. The fourth-order valence-electron chi connectivity index (χ4n) is 1.33. The predicted molar refractivity (Wildman–Crippen MR) is 62.1 cm³/mol. The van der Waals surface area contributed by atoms with Crippen LogP contribution in [0, 0.1) is 5.41 Å². The van der Waals surface area contributed by atoms with Crippen LogP contribution in [0.1, 0.15) is 34.6 Å². The first-order chi connectivity index (χ1) is 6.32. The van der Waals surface area contributed by atoms with E-state index in [1.165, 1.54) is 0 Å². The van der Waals surface area contributed by atoms with E-state index < -0.39 is 0 Å². The van der Waals surface area contributed by atoms with E-state index in [4.69, 9.17) is 0 Å². The molecule has 0 amide bonds. The molecule has 0 bridgehead atoms. The maximum absolute atomic E-state index is 4.41. The van der Waals surface area contributed by atoms with Crippen LogP contribution in [0.5, 0.6) is 0 Å². The van der Waals surface area contributed by atoms with Crippen molar-refractivity contribution in [3.05, 3.63) is 24.2 Å². The molecule has 0 radical (unpaired) electrons. The Morgan fingerprint density at radius 3 is 2.36 bits per heavy atom. The summed E-state index contributed by atoms with van der Waals surface area (Å²) in [5, 5.41) is 0. The maximum Gasteiger partial charge on any atom is 0.0619 e. The molecular formula is C12H20N2. The van der Waals surface area contributed by atoms with Crippen LogP contribution in [0.2, 0.25) is 0 Å². The smallest absolute Gasteiger partial charge is 0.0619 e. The van der Waals surface area contributed by atoms with E-state index in [-0.39, 0.29) is 5.41 Å². The van der Waals surface area contributed by atoms with Crippen LogP contribution in [0.25, 0.3) is 0 Å². The summed E-state index contributed by atoms with van der Waals surface area (Å²) in [6.07, 6.45) is 3.95. The number of allylic oxidation sites excluding steroid dienone is 2. The van der Waals surface area contributed by atoms with Crippen molar-refractivity contribution in [2.24, 2.45) is 10.4 Å². The Morgan fingerprint density at radius 2 is 1.93 bits per heavy atom. The second-order valence-corrected chi connectivity index (χ2v) is 5.01. The molecule has 1 rings (SSSR count). The van der Waals surface area contributed by atoms with Crippen LogP contribution in [-0.4, -0.2) is 17.2 Å². The SMILES string of the molecule is C=C1C=NC(C(C)(C)C)=CN1C(C)C. The topological polar surface area (TPSA) is 15.6 Å². The van der Waals surface area contributed by atoms with Gasteiger partial charge in [0.2, 0.25) is 0 Å². The van der Waals surface area contributed by atoms with Gasteiger partial charge in [-0.3, -0.25) is 4.99 Å². The number of rotatable bonds is 1. The Bertz CT molecular complexity index is 290. The van der Waals surface area contributed by atoms with Gasteiger partial charge in [-0.2, -0.15) is 0 Å². The quantitative estimate of drug-likeness (QED) is 0.623. The highest BCUT2D eigenvalue weighted by atomic mass is 15.2. The Morgan fingerprint density at radius 1 is 1.36 bits per heavy atom. The Labute approximate surface area is 87.0 Å². The van der Waals surface area contributed by atoms with Gasteiger partial charge < -0.3 is 4.90 Å². The number of nitrogens with zero attached hydrogens (tertiary/aromatic N) is 2. The van der Waals surface area contributed by atoms with Crippen molar-refractivity contribution in [2.45, 2.75) is 40.7 Å². The molecule has 0 aromatic carbocycles. The molecule has 0 fully saturated rings. The molecule has 1 aliphatic rings. The van der Waals surface area contributed by atoms with E-state index in [0.717, 1.165) is 11.4 Å². The van der Waals surface area contributed by atoms with Gasteiger partial charge in [0.25, 0.3) is 0 Å². The first kappa shape index (κ1) is 11.0. The Kier molecular flexibility index (Phi) is 2.84. The van der Waals surface area contributed by atoms with Crippen LogP contribution >= 0.6 is 0 Å². The van der Waals surface area contributed by atoms with E-state index in [1.54, 1.807) is 0 Å². The van der Waals surface area contributed by atoms with Gasteiger partial charge in [0, 0.05) is 17.7 Å².